The van der Waals surface area contributed by atoms with Gasteiger partial charge in [0.25, 0.3) is 0 Å². The van der Waals surface area contributed by atoms with Crippen LogP contribution in [0.25, 0.3) is 0 Å². The maximum Gasteiger partial charge on any atom is 0.143 e. The summed E-state index contributed by atoms with van der Waals surface area (Å²) in [6.07, 6.45) is 4.47. The van der Waals surface area contributed by atoms with Crippen LogP contribution in [0.1, 0.15) is 24.3 Å². The Morgan fingerprint density at radius 3 is 2.82 bits per heavy atom. The number of halogens is 2. The lowest BCUT2D eigenvalue weighted by Crippen LogP contribution is -1.83. The van der Waals surface area contributed by atoms with Gasteiger partial charge in [-0.25, -0.2) is 4.98 Å². The van der Waals surface area contributed by atoms with Crippen LogP contribution >= 0.6 is 27.5 Å². The van der Waals surface area contributed by atoms with Gasteiger partial charge in [0.1, 0.15) is 5.15 Å². The van der Waals surface area contributed by atoms with E-state index in [1.807, 2.05) is 6.20 Å². The lowest BCUT2D eigenvalue weighted by Gasteiger charge is -1.98. The molecular formula is C8H7BrClN. The molecule has 0 bridgehead atoms. The van der Waals surface area contributed by atoms with Gasteiger partial charge in [0.05, 0.1) is 4.47 Å². The van der Waals surface area contributed by atoms with Gasteiger partial charge in [-0.3, -0.25) is 0 Å². The van der Waals surface area contributed by atoms with Crippen molar-refractivity contribution in [2.75, 3.05) is 0 Å². The standard InChI is InChI=1S/C8H7BrClN/c9-7-3-6(5-1-2-5)4-11-8(7)10/h3-5H,1-2H2. The van der Waals surface area contributed by atoms with Crippen LogP contribution in [0.4, 0.5) is 0 Å². The van der Waals surface area contributed by atoms with Crippen LogP contribution in [0.15, 0.2) is 16.7 Å². The second kappa shape index (κ2) is 2.76. The lowest BCUT2D eigenvalue weighted by atomic mass is 10.2. The summed E-state index contributed by atoms with van der Waals surface area (Å²) in [5, 5.41) is 0.550. The van der Waals surface area contributed by atoms with Crippen molar-refractivity contribution in [2.24, 2.45) is 0 Å². The monoisotopic (exact) mass is 231 g/mol. The van der Waals surface area contributed by atoms with Crippen LogP contribution in [0.5, 0.6) is 0 Å². The SMILES string of the molecule is Clc1ncc(C2CC2)cc1Br. The number of rotatable bonds is 1. The minimum absolute atomic E-state index is 0.550. The molecule has 1 aliphatic carbocycles. The van der Waals surface area contributed by atoms with Crippen molar-refractivity contribution < 1.29 is 0 Å². The lowest BCUT2D eigenvalue weighted by molar-refractivity contribution is 1.09. The molecule has 3 heteroatoms. The van der Waals surface area contributed by atoms with Gasteiger partial charge >= 0.3 is 0 Å². The van der Waals surface area contributed by atoms with E-state index in [2.05, 4.69) is 27.0 Å². The van der Waals surface area contributed by atoms with E-state index >= 15 is 0 Å². The average molecular weight is 233 g/mol. The molecule has 0 saturated heterocycles. The first-order chi connectivity index (χ1) is 5.27. The molecule has 2 rings (SSSR count). The zero-order valence-corrected chi connectivity index (χ0v) is 8.19. The molecule has 0 unspecified atom stereocenters. The predicted molar refractivity (Wildman–Crippen MR) is 48.9 cm³/mol. The van der Waals surface area contributed by atoms with Crippen molar-refractivity contribution >= 4 is 27.5 Å². The maximum atomic E-state index is 5.75. The second-order valence-electron chi connectivity index (χ2n) is 2.82. The van der Waals surface area contributed by atoms with E-state index in [0.29, 0.717) is 5.15 Å². The van der Waals surface area contributed by atoms with Crippen molar-refractivity contribution in [1.29, 1.82) is 0 Å². The maximum absolute atomic E-state index is 5.75. The first-order valence-electron chi connectivity index (χ1n) is 3.58. The Hall–Kier alpha value is -0.0800. The van der Waals surface area contributed by atoms with Gasteiger partial charge in [-0.1, -0.05) is 11.6 Å². The molecule has 0 spiro atoms. The molecule has 0 radical (unpaired) electrons. The smallest absolute Gasteiger partial charge is 0.143 e. The van der Waals surface area contributed by atoms with Crippen LogP contribution in [-0.4, -0.2) is 4.98 Å². The highest BCUT2D eigenvalue weighted by atomic mass is 79.9. The van der Waals surface area contributed by atoms with Gasteiger partial charge in [0.2, 0.25) is 0 Å². The minimum atomic E-state index is 0.550. The number of hydrogen-bond donors (Lipinski definition) is 0. The zero-order valence-electron chi connectivity index (χ0n) is 5.85. The summed E-state index contributed by atoms with van der Waals surface area (Å²) in [6, 6.07) is 2.06. The molecule has 1 fully saturated rings. The van der Waals surface area contributed by atoms with Gasteiger partial charge in [-0.15, -0.1) is 0 Å². The molecule has 1 aromatic heterocycles. The Labute approximate surface area is 78.9 Å². The summed E-state index contributed by atoms with van der Waals surface area (Å²) in [6.45, 7) is 0. The van der Waals surface area contributed by atoms with E-state index < -0.39 is 0 Å². The average Bonchev–Trinajstić information content (AvgIpc) is 2.77. The van der Waals surface area contributed by atoms with Gasteiger partial charge < -0.3 is 0 Å². The van der Waals surface area contributed by atoms with Crippen molar-refractivity contribution in [3.05, 3.63) is 27.5 Å². The van der Waals surface area contributed by atoms with Gasteiger partial charge in [-0.05, 0) is 46.3 Å². The highest BCUT2D eigenvalue weighted by Crippen LogP contribution is 2.40. The molecule has 1 aromatic rings. The molecule has 0 amide bonds. The molecule has 0 atom stereocenters. The third kappa shape index (κ3) is 1.57. The largest absolute Gasteiger partial charge is 0.243 e. The number of nitrogens with zero attached hydrogens (tertiary/aromatic N) is 1. The summed E-state index contributed by atoms with van der Waals surface area (Å²) in [5.74, 6) is 0.746. The molecule has 11 heavy (non-hydrogen) atoms. The number of pyridine rings is 1. The molecule has 58 valence electrons. The Kier molecular flexibility index (Phi) is 1.90. The molecule has 1 heterocycles. The van der Waals surface area contributed by atoms with Crippen LogP contribution in [0.2, 0.25) is 5.15 Å². The molecule has 0 N–H and O–H groups in total. The summed E-state index contributed by atoms with van der Waals surface area (Å²) in [4.78, 5) is 4.06. The second-order valence-corrected chi connectivity index (χ2v) is 4.03. The van der Waals surface area contributed by atoms with E-state index in [1.165, 1.54) is 18.4 Å². The van der Waals surface area contributed by atoms with Crippen molar-refractivity contribution in [2.45, 2.75) is 18.8 Å². The van der Waals surface area contributed by atoms with Crippen molar-refractivity contribution in [3.8, 4) is 0 Å². The molecule has 1 saturated carbocycles. The summed E-state index contributed by atoms with van der Waals surface area (Å²) in [7, 11) is 0. The fourth-order valence-corrected chi connectivity index (χ4v) is 1.55. The Morgan fingerprint density at radius 1 is 1.55 bits per heavy atom. The van der Waals surface area contributed by atoms with Gasteiger partial charge in [0, 0.05) is 6.20 Å². The van der Waals surface area contributed by atoms with E-state index in [0.717, 1.165) is 10.4 Å². The molecular weight excluding hydrogens is 225 g/mol. The number of hydrogen-bond acceptors (Lipinski definition) is 1. The minimum Gasteiger partial charge on any atom is -0.243 e. The van der Waals surface area contributed by atoms with Crippen LogP contribution in [0.3, 0.4) is 0 Å². The third-order valence-electron chi connectivity index (χ3n) is 1.87. The summed E-state index contributed by atoms with van der Waals surface area (Å²) in [5.41, 5.74) is 1.31. The van der Waals surface area contributed by atoms with Crippen LogP contribution in [0, 0.1) is 0 Å². The van der Waals surface area contributed by atoms with Crippen molar-refractivity contribution in [3.63, 3.8) is 0 Å². The van der Waals surface area contributed by atoms with Gasteiger partial charge in [-0.2, -0.15) is 0 Å². The Balaban J connectivity index is 2.36. The normalized spacial score (nSPS) is 16.9. The topological polar surface area (TPSA) is 12.9 Å². The molecule has 1 aliphatic rings. The third-order valence-corrected chi connectivity index (χ3v) is 3.00. The molecule has 1 nitrogen and oxygen atoms in total. The van der Waals surface area contributed by atoms with Crippen LogP contribution in [-0.2, 0) is 0 Å². The fraction of sp³-hybridized carbons (Fsp3) is 0.375. The summed E-state index contributed by atoms with van der Waals surface area (Å²) < 4.78 is 0.906. The molecule has 0 aromatic carbocycles. The first kappa shape index (κ1) is 7.56. The number of aromatic nitrogens is 1. The quantitative estimate of drug-likeness (QED) is 0.677. The highest BCUT2D eigenvalue weighted by molar-refractivity contribution is 9.10. The van der Waals surface area contributed by atoms with E-state index in [9.17, 15) is 0 Å². The van der Waals surface area contributed by atoms with E-state index in [4.69, 9.17) is 11.6 Å². The van der Waals surface area contributed by atoms with E-state index in [1.54, 1.807) is 0 Å². The molecule has 0 aliphatic heterocycles. The highest BCUT2D eigenvalue weighted by Gasteiger charge is 2.24. The van der Waals surface area contributed by atoms with Gasteiger partial charge in [0.15, 0.2) is 0 Å². The Morgan fingerprint density at radius 2 is 2.27 bits per heavy atom. The zero-order chi connectivity index (χ0) is 7.84. The Bertz CT molecular complexity index is 283. The van der Waals surface area contributed by atoms with Crippen molar-refractivity contribution in [1.82, 2.24) is 4.98 Å². The predicted octanol–water partition coefficient (Wildman–Crippen LogP) is 3.37. The van der Waals surface area contributed by atoms with E-state index in [-0.39, 0.29) is 0 Å². The summed E-state index contributed by atoms with van der Waals surface area (Å²) >= 11 is 9.10. The first-order valence-corrected chi connectivity index (χ1v) is 4.75. The fourth-order valence-electron chi connectivity index (χ4n) is 1.08. The van der Waals surface area contributed by atoms with Crippen LogP contribution < -0.4 is 0 Å².